The number of hydrogen-bond donors (Lipinski definition) is 0. The Morgan fingerprint density at radius 3 is 1.54 bits per heavy atom. The van der Waals surface area contributed by atoms with Gasteiger partial charge >= 0.3 is 0 Å². The molecule has 1 nitrogen and oxygen atoms in total. The zero-order chi connectivity index (χ0) is 35.9. The number of fused-ring (bicyclic) bond motifs is 5. The van der Waals surface area contributed by atoms with E-state index in [0.717, 1.165) is 24.1 Å². The van der Waals surface area contributed by atoms with Crippen LogP contribution in [-0.4, -0.2) is 4.57 Å². The summed E-state index contributed by atoms with van der Waals surface area (Å²) >= 11 is 0. The standard InChI is InChI=1S/C52H39NS/c1-4-21-40(22-5-1)54(41-23-6-2-7-24-41,42-25-8-3-9-26-42)36-35-45-43-27-10-12-31-48(43)52(49-32-13-11-28-44(45)49)38-19-18-20-39(37-38)53-50-33-16-14-29-46(50)47-30-15-17-34-51(47)53/h1-2,4-7,10-25,27-34,37H,3,8-9,26H2. The van der Waals surface area contributed by atoms with Crippen molar-refractivity contribution in [1.82, 2.24) is 4.57 Å². The molecule has 0 spiro atoms. The Morgan fingerprint density at radius 2 is 0.981 bits per heavy atom. The van der Waals surface area contributed by atoms with Gasteiger partial charge in [-0.05, 0) is 117 Å². The van der Waals surface area contributed by atoms with Crippen LogP contribution in [0.4, 0.5) is 0 Å². The Hall–Kier alpha value is -6.27. The van der Waals surface area contributed by atoms with E-state index in [1.54, 1.807) is 0 Å². The second-order valence-corrected chi connectivity index (χ2v) is 17.0. The molecule has 0 radical (unpaired) electrons. The van der Waals surface area contributed by atoms with Crippen LogP contribution in [0.1, 0.15) is 31.2 Å². The summed E-state index contributed by atoms with van der Waals surface area (Å²) in [6.45, 7) is 0. The van der Waals surface area contributed by atoms with Crippen molar-refractivity contribution >= 4 is 53.4 Å². The lowest BCUT2D eigenvalue weighted by Gasteiger charge is -2.39. The minimum absolute atomic E-state index is 1.08. The van der Waals surface area contributed by atoms with Crippen LogP contribution in [-0.2, 0) is 0 Å². The van der Waals surface area contributed by atoms with Crippen molar-refractivity contribution in [3.63, 3.8) is 0 Å². The van der Waals surface area contributed by atoms with E-state index in [9.17, 15) is 0 Å². The van der Waals surface area contributed by atoms with E-state index in [1.807, 2.05) is 0 Å². The number of allylic oxidation sites excluding steroid dienone is 2. The molecule has 1 aromatic heterocycles. The van der Waals surface area contributed by atoms with Gasteiger partial charge in [0.05, 0.1) is 11.0 Å². The average molecular weight is 710 g/mol. The summed E-state index contributed by atoms with van der Waals surface area (Å²) in [6.07, 6.45) is 7.15. The fraction of sp³-hybridized carbons (Fsp3) is 0.0769. The summed E-state index contributed by atoms with van der Waals surface area (Å²) < 4.78 is 2.41. The predicted octanol–water partition coefficient (Wildman–Crippen LogP) is 14.4. The summed E-state index contributed by atoms with van der Waals surface area (Å²) in [6, 6.07) is 66.5. The maximum Gasteiger partial charge on any atom is 0.0541 e. The Labute approximate surface area is 318 Å². The van der Waals surface area contributed by atoms with Crippen molar-refractivity contribution in [3.05, 3.63) is 199 Å². The van der Waals surface area contributed by atoms with Gasteiger partial charge in [-0.1, -0.05) is 155 Å². The molecule has 0 unspecified atom stereocenters. The monoisotopic (exact) mass is 709 g/mol. The van der Waals surface area contributed by atoms with E-state index >= 15 is 0 Å². The van der Waals surface area contributed by atoms with Crippen LogP contribution < -0.4 is 0 Å². The van der Waals surface area contributed by atoms with Crippen molar-refractivity contribution in [2.45, 2.75) is 35.5 Å². The van der Waals surface area contributed by atoms with Crippen molar-refractivity contribution < 1.29 is 0 Å². The first-order valence-electron chi connectivity index (χ1n) is 19.0. The van der Waals surface area contributed by atoms with E-state index in [0.29, 0.717) is 0 Å². The second-order valence-electron chi connectivity index (χ2n) is 14.1. The van der Waals surface area contributed by atoms with E-state index in [4.69, 9.17) is 0 Å². The van der Waals surface area contributed by atoms with Gasteiger partial charge in [-0.15, -0.1) is 0 Å². The van der Waals surface area contributed by atoms with Crippen LogP contribution in [0.15, 0.2) is 203 Å². The number of aromatic nitrogens is 1. The number of hydrogen-bond acceptors (Lipinski definition) is 0. The normalized spacial score (nSPS) is 13.5. The summed E-state index contributed by atoms with van der Waals surface area (Å²) in [5.74, 6) is 3.96. The zero-order valence-electron chi connectivity index (χ0n) is 30.1. The second kappa shape index (κ2) is 13.6. The van der Waals surface area contributed by atoms with Gasteiger partial charge in [-0.2, -0.15) is 0 Å². The van der Waals surface area contributed by atoms with Crippen molar-refractivity contribution in [1.29, 1.82) is 0 Å². The number of benzene rings is 8. The Bertz CT molecular complexity index is 2790. The molecule has 8 aromatic carbocycles. The van der Waals surface area contributed by atoms with Crippen LogP contribution in [0.5, 0.6) is 0 Å². The predicted molar refractivity (Wildman–Crippen MR) is 232 cm³/mol. The zero-order valence-corrected chi connectivity index (χ0v) is 30.9. The third-order valence-electron chi connectivity index (χ3n) is 11.1. The molecule has 1 aliphatic rings. The number of rotatable bonds is 5. The number of para-hydroxylation sites is 2. The van der Waals surface area contributed by atoms with E-state index in [-0.39, 0.29) is 0 Å². The Balaban J connectivity index is 1.23. The Kier molecular flexibility index (Phi) is 8.16. The highest BCUT2D eigenvalue weighted by atomic mass is 32.3. The minimum atomic E-state index is -1.82. The molecule has 0 N–H and O–H groups in total. The van der Waals surface area contributed by atoms with Crippen LogP contribution in [0.3, 0.4) is 0 Å². The largest absolute Gasteiger partial charge is 0.309 e. The summed E-state index contributed by atoms with van der Waals surface area (Å²) in [4.78, 5) is 4.11. The molecule has 0 fully saturated rings. The molecule has 0 aliphatic heterocycles. The Morgan fingerprint density at radius 1 is 0.463 bits per heavy atom. The van der Waals surface area contributed by atoms with Crippen LogP contribution >= 0.6 is 10.0 Å². The molecule has 9 aromatic rings. The van der Waals surface area contributed by atoms with Gasteiger partial charge in [0.25, 0.3) is 0 Å². The van der Waals surface area contributed by atoms with Gasteiger partial charge in [-0.3, -0.25) is 0 Å². The highest BCUT2D eigenvalue weighted by molar-refractivity contribution is 8.40. The maximum absolute atomic E-state index is 4.12. The van der Waals surface area contributed by atoms with E-state index < -0.39 is 10.0 Å². The molecule has 1 aliphatic carbocycles. The van der Waals surface area contributed by atoms with Crippen LogP contribution in [0, 0.1) is 11.2 Å². The number of nitrogens with zero attached hydrogens (tertiary/aromatic N) is 1. The van der Waals surface area contributed by atoms with Crippen LogP contribution in [0.25, 0.3) is 60.2 Å². The molecular formula is C52H39NS. The fourth-order valence-corrected chi connectivity index (χ4v) is 12.1. The molecule has 0 saturated heterocycles. The van der Waals surface area contributed by atoms with Crippen molar-refractivity contribution in [2.75, 3.05) is 0 Å². The van der Waals surface area contributed by atoms with Gasteiger partial charge in [0, 0.05) is 31.8 Å². The van der Waals surface area contributed by atoms with E-state index in [1.165, 1.54) is 82.0 Å². The maximum atomic E-state index is 4.12. The van der Waals surface area contributed by atoms with Gasteiger partial charge in [-0.25, -0.2) is 0 Å². The molecular weight excluding hydrogens is 671 g/mol. The first kappa shape index (κ1) is 32.4. The fourth-order valence-electron chi connectivity index (χ4n) is 8.66. The highest BCUT2D eigenvalue weighted by Gasteiger charge is 2.32. The summed E-state index contributed by atoms with van der Waals surface area (Å²) in [7, 11) is -1.82. The quantitative estimate of drug-likeness (QED) is 0.124. The first-order valence-corrected chi connectivity index (χ1v) is 20.6. The molecule has 10 rings (SSSR count). The lowest BCUT2D eigenvalue weighted by atomic mass is 9.88. The van der Waals surface area contributed by atoms with E-state index in [2.05, 4.69) is 204 Å². The molecule has 2 heteroatoms. The van der Waals surface area contributed by atoms with Crippen molar-refractivity contribution in [3.8, 4) is 28.0 Å². The minimum Gasteiger partial charge on any atom is -0.309 e. The molecule has 0 saturated carbocycles. The third-order valence-corrected chi connectivity index (χ3v) is 14.6. The van der Waals surface area contributed by atoms with Gasteiger partial charge in [0.2, 0.25) is 0 Å². The molecule has 1 heterocycles. The third kappa shape index (κ3) is 5.27. The van der Waals surface area contributed by atoms with Crippen molar-refractivity contribution in [2.24, 2.45) is 0 Å². The molecule has 0 atom stereocenters. The smallest absolute Gasteiger partial charge is 0.0541 e. The lowest BCUT2D eigenvalue weighted by molar-refractivity contribution is 0.722. The van der Waals surface area contributed by atoms with Crippen LogP contribution in [0.2, 0.25) is 0 Å². The first-order chi connectivity index (χ1) is 26.8. The topological polar surface area (TPSA) is 4.93 Å². The molecule has 258 valence electrons. The molecule has 0 amide bonds. The lowest BCUT2D eigenvalue weighted by Crippen LogP contribution is -2.06. The van der Waals surface area contributed by atoms with Gasteiger partial charge in [0.15, 0.2) is 0 Å². The molecule has 54 heavy (non-hydrogen) atoms. The highest BCUT2D eigenvalue weighted by Crippen LogP contribution is 2.69. The van der Waals surface area contributed by atoms with Gasteiger partial charge in [0.1, 0.15) is 0 Å². The summed E-state index contributed by atoms with van der Waals surface area (Å²) in [5.41, 5.74) is 7.13. The summed E-state index contributed by atoms with van der Waals surface area (Å²) in [5, 5.41) is 11.5. The van der Waals surface area contributed by atoms with Gasteiger partial charge < -0.3 is 4.57 Å². The average Bonchev–Trinajstić information content (AvgIpc) is 3.59. The molecule has 0 bridgehead atoms. The SMILES string of the molecule is C(#CS(C1=CCCCC1)(c1ccccc1)c1ccccc1)c1c2ccccc2c(-c2cccc(-n3c4ccccc4c4ccccc43)c2)c2ccccc12.